The number of amides is 2. The van der Waals surface area contributed by atoms with Crippen LogP contribution in [0.2, 0.25) is 0 Å². The van der Waals surface area contributed by atoms with E-state index in [1.54, 1.807) is 11.8 Å². The fourth-order valence-electron chi connectivity index (χ4n) is 3.67. The van der Waals surface area contributed by atoms with Crippen molar-refractivity contribution in [2.45, 2.75) is 39.2 Å². The Kier molecular flexibility index (Phi) is 5.88. The zero-order valence-corrected chi connectivity index (χ0v) is 15.1. The van der Waals surface area contributed by atoms with Crippen LogP contribution in [0, 0.1) is 5.92 Å². The van der Waals surface area contributed by atoms with Crippen LogP contribution in [0.1, 0.15) is 42.6 Å². The number of anilines is 1. The van der Waals surface area contributed by atoms with E-state index in [0.29, 0.717) is 12.5 Å². The van der Waals surface area contributed by atoms with Crippen molar-refractivity contribution in [2.24, 2.45) is 11.7 Å². The molecule has 24 heavy (non-hydrogen) atoms. The number of carbonyl (C=O) groups is 2. The molecule has 2 aliphatic heterocycles. The molecule has 1 aromatic carbocycles. The minimum absolute atomic E-state index is 0. The second kappa shape index (κ2) is 7.53. The quantitative estimate of drug-likeness (QED) is 0.888. The zero-order chi connectivity index (χ0) is 16.6. The minimum atomic E-state index is 0. The lowest BCUT2D eigenvalue weighted by molar-refractivity contribution is -0.116. The monoisotopic (exact) mass is 351 g/mol. The van der Waals surface area contributed by atoms with Gasteiger partial charge in [-0.1, -0.05) is 0 Å². The van der Waals surface area contributed by atoms with Gasteiger partial charge in [0.15, 0.2) is 0 Å². The summed E-state index contributed by atoms with van der Waals surface area (Å²) >= 11 is 0. The Labute approximate surface area is 149 Å². The summed E-state index contributed by atoms with van der Waals surface area (Å²) in [5, 5.41) is 0. The van der Waals surface area contributed by atoms with Gasteiger partial charge in [0.2, 0.25) is 5.91 Å². The van der Waals surface area contributed by atoms with Crippen LogP contribution >= 0.6 is 12.4 Å². The van der Waals surface area contributed by atoms with Crippen LogP contribution < -0.4 is 10.6 Å². The maximum absolute atomic E-state index is 12.8. The third-order valence-corrected chi connectivity index (χ3v) is 5.09. The third-order valence-electron chi connectivity index (χ3n) is 5.09. The molecule has 2 amide bonds. The summed E-state index contributed by atoms with van der Waals surface area (Å²) < 4.78 is 0. The smallest absolute Gasteiger partial charge is 0.253 e. The van der Waals surface area contributed by atoms with Gasteiger partial charge in [-0.2, -0.15) is 0 Å². The van der Waals surface area contributed by atoms with E-state index in [1.165, 1.54) is 0 Å². The topological polar surface area (TPSA) is 66.6 Å². The van der Waals surface area contributed by atoms with Crippen LogP contribution in [0.3, 0.4) is 0 Å². The maximum Gasteiger partial charge on any atom is 0.253 e. The van der Waals surface area contributed by atoms with Crippen LogP contribution in [0.5, 0.6) is 0 Å². The molecule has 1 aromatic rings. The molecule has 132 valence electrons. The highest BCUT2D eigenvalue weighted by Crippen LogP contribution is 2.30. The van der Waals surface area contributed by atoms with Gasteiger partial charge in [0.25, 0.3) is 5.91 Å². The maximum atomic E-state index is 12.8. The Balaban J connectivity index is 0.00000208. The number of nitrogens with zero attached hydrogens (tertiary/aromatic N) is 2. The molecule has 0 saturated carbocycles. The predicted molar refractivity (Wildman–Crippen MR) is 97.7 cm³/mol. The van der Waals surface area contributed by atoms with E-state index in [1.807, 2.05) is 30.0 Å². The van der Waals surface area contributed by atoms with Crippen molar-refractivity contribution in [1.82, 2.24) is 4.90 Å². The highest BCUT2D eigenvalue weighted by molar-refractivity contribution is 5.98. The molecule has 2 atom stereocenters. The fraction of sp³-hybridized carbons (Fsp3) is 0.556. The number of fused-ring (bicyclic) bond motifs is 1. The summed E-state index contributed by atoms with van der Waals surface area (Å²) in [4.78, 5) is 28.1. The zero-order valence-electron chi connectivity index (χ0n) is 14.3. The number of rotatable bonds is 2. The minimum Gasteiger partial charge on any atom is -0.338 e. The molecule has 2 unspecified atom stereocenters. The first-order valence-electron chi connectivity index (χ1n) is 8.43. The number of hydrogen-bond acceptors (Lipinski definition) is 3. The van der Waals surface area contributed by atoms with E-state index in [9.17, 15) is 9.59 Å². The van der Waals surface area contributed by atoms with Gasteiger partial charge < -0.3 is 15.5 Å². The van der Waals surface area contributed by atoms with Gasteiger partial charge in [-0.05, 0) is 55.9 Å². The van der Waals surface area contributed by atoms with E-state index in [0.717, 1.165) is 49.2 Å². The first-order valence-corrected chi connectivity index (χ1v) is 8.43. The average molecular weight is 352 g/mol. The molecular formula is C18H26ClN3O2. The number of benzene rings is 1. The number of nitrogens with two attached hydrogens (primary N) is 1. The van der Waals surface area contributed by atoms with Gasteiger partial charge in [-0.15, -0.1) is 12.4 Å². The van der Waals surface area contributed by atoms with Crippen molar-refractivity contribution >= 4 is 29.9 Å². The van der Waals surface area contributed by atoms with Crippen LogP contribution in [0.15, 0.2) is 18.2 Å². The lowest BCUT2D eigenvalue weighted by atomic mass is 9.91. The lowest BCUT2D eigenvalue weighted by Gasteiger charge is -2.34. The van der Waals surface area contributed by atoms with Gasteiger partial charge in [0.1, 0.15) is 0 Å². The van der Waals surface area contributed by atoms with E-state index >= 15 is 0 Å². The van der Waals surface area contributed by atoms with Gasteiger partial charge in [0, 0.05) is 43.9 Å². The van der Waals surface area contributed by atoms with Gasteiger partial charge in [0.05, 0.1) is 0 Å². The highest BCUT2D eigenvalue weighted by Gasteiger charge is 2.28. The molecular weight excluding hydrogens is 326 g/mol. The Morgan fingerprint density at radius 1 is 1.29 bits per heavy atom. The summed E-state index contributed by atoms with van der Waals surface area (Å²) in [6.45, 7) is 5.85. The first-order chi connectivity index (χ1) is 11.0. The molecule has 2 aliphatic rings. The standard InChI is InChI=1S/C18H25N3O2.ClH/c1-12(19)16-4-3-8-20(11-16)18(23)15-5-6-17-14(10-15)7-9-21(17)13(2)22;/h5-6,10,12,16H,3-4,7-9,11,19H2,1-2H3;1H. The van der Waals surface area contributed by atoms with Crippen molar-refractivity contribution < 1.29 is 9.59 Å². The summed E-state index contributed by atoms with van der Waals surface area (Å²) in [7, 11) is 0. The first kappa shape index (κ1) is 18.7. The SMILES string of the molecule is CC(=O)N1CCc2cc(C(=O)N3CCCC(C(C)N)C3)ccc21.Cl. The lowest BCUT2D eigenvalue weighted by Crippen LogP contribution is -2.45. The van der Waals surface area contributed by atoms with Crippen LogP contribution in [0.25, 0.3) is 0 Å². The second-order valence-electron chi connectivity index (χ2n) is 6.78. The summed E-state index contributed by atoms with van der Waals surface area (Å²) in [6.07, 6.45) is 2.93. The number of piperidine rings is 1. The highest BCUT2D eigenvalue weighted by atomic mass is 35.5. The molecule has 3 rings (SSSR count). The van der Waals surface area contributed by atoms with Crippen molar-refractivity contribution in [3.05, 3.63) is 29.3 Å². The number of hydrogen-bond donors (Lipinski definition) is 1. The molecule has 2 N–H and O–H groups in total. The van der Waals surface area contributed by atoms with Gasteiger partial charge >= 0.3 is 0 Å². The number of halogens is 1. The predicted octanol–water partition coefficient (Wildman–Crippen LogP) is 2.22. The summed E-state index contributed by atoms with van der Waals surface area (Å²) in [5.74, 6) is 0.522. The van der Waals surface area contributed by atoms with Crippen molar-refractivity contribution in [2.75, 3.05) is 24.5 Å². The van der Waals surface area contributed by atoms with E-state index in [-0.39, 0.29) is 30.3 Å². The van der Waals surface area contributed by atoms with Gasteiger partial charge in [-0.25, -0.2) is 0 Å². The molecule has 0 aromatic heterocycles. The molecule has 2 heterocycles. The Hall–Kier alpha value is -1.59. The van der Waals surface area contributed by atoms with Crippen molar-refractivity contribution in [1.29, 1.82) is 0 Å². The van der Waals surface area contributed by atoms with E-state index in [2.05, 4.69) is 0 Å². The molecule has 0 aliphatic carbocycles. The Morgan fingerprint density at radius 2 is 2.04 bits per heavy atom. The second-order valence-corrected chi connectivity index (χ2v) is 6.78. The van der Waals surface area contributed by atoms with Crippen LogP contribution in [-0.2, 0) is 11.2 Å². The molecule has 1 saturated heterocycles. The van der Waals surface area contributed by atoms with Gasteiger partial charge in [-0.3, -0.25) is 9.59 Å². The van der Waals surface area contributed by atoms with Crippen molar-refractivity contribution in [3.8, 4) is 0 Å². The van der Waals surface area contributed by atoms with E-state index < -0.39 is 0 Å². The van der Waals surface area contributed by atoms with E-state index in [4.69, 9.17) is 5.73 Å². The summed E-state index contributed by atoms with van der Waals surface area (Å²) in [5.41, 5.74) is 8.77. The summed E-state index contributed by atoms with van der Waals surface area (Å²) in [6, 6.07) is 5.83. The number of carbonyl (C=O) groups excluding carboxylic acids is 2. The molecule has 0 bridgehead atoms. The Bertz CT molecular complexity index is 633. The normalized spacial score (nSPS) is 21.0. The largest absolute Gasteiger partial charge is 0.338 e. The molecule has 6 heteroatoms. The average Bonchev–Trinajstić information content (AvgIpc) is 2.97. The Morgan fingerprint density at radius 3 is 2.71 bits per heavy atom. The molecule has 0 spiro atoms. The molecule has 1 fully saturated rings. The number of likely N-dealkylation sites (tertiary alicyclic amines) is 1. The van der Waals surface area contributed by atoms with Crippen molar-refractivity contribution in [3.63, 3.8) is 0 Å². The third kappa shape index (κ3) is 3.57. The molecule has 0 radical (unpaired) electrons. The molecule has 5 nitrogen and oxygen atoms in total. The van der Waals surface area contributed by atoms with Crippen LogP contribution in [0.4, 0.5) is 5.69 Å². The van der Waals surface area contributed by atoms with Crippen LogP contribution in [-0.4, -0.2) is 42.4 Å². The fourth-order valence-corrected chi connectivity index (χ4v) is 3.67.